The monoisotopic (exact) mass is 580 g/mol. The lowest BCUT2D eigenvalue weighted by Crippen LogP contribution is -2.22. The Morgan fingerprint density at radius 2 is 1.88 bits per heavy atom. The van der Waals surface area contributed by atoms with Crippen LogP contribution in [0.1, 0.15) is 71.5 Å². The van der Waals surface area contributed by atoms with Gasteiger partial charge in [-0.15, -0.1) is 10.2 Å². The first-order chi connectivity index (χ1) is 20.8. The molecule has 0 unspecified atom stereocenters. The lowest BCUT2D eigenvalue weighted by atomic mass is 10.1. The van der Waals surface area contributed by atoms with Crippen molar-refractivity contribution in [2.24, 2.45) is 0 Å². The summed E-state index contributed by atoms with van der Waals surface area (Å²) in [6.07, 6.45) is 5.56. The highest BCUT2D eigenvalue weighted by Crippen LogP contribution is 2.42. The van der Waals surface area contributed by atoms with Gasteiger partial charge in [0.15, 0.2) is 5.82 Å². The zero-order chi connectivity index (χ0) is 29.7. The van der Waals surface area contributed by atoms with E-state index in [2.05, 4.69) is 25.4 Å². The first-order valence-corrected chi connectivity index (χ1v) is 14.4. The molecule has 1 amide bonds. The second-order valence-corrected chi connectivity index (χ2v) is 11.5. The molecule has 11 heteroatoms. The molecule has 0 saturated heterocycles. The maximum Gasteiger partial charge on any atom is 0.259 e. The summed E-state index contributed by atoms with van der Waals surface area (Å²) in [5.41, 5.74) is 4.75. The molecule has 0 bridgehead atoms. The summed E-state index contributed by atoms with van der Waals surface area (Å²) in [6, 6.07) is 14.9. The minimum atomic E-state index is -0.636. The quantitative estimate of drug-likeness (QED) is 0.253. The van der Waals surface area contributed by atoms with Crippen LogP contribution in [0.4, 0.5) is 14.6 Å². The average molecular weight is 581 g/mol. The molecule has 2 aromatic carbocycles. The van der Waals surface area contributed by atoms with Gasteiger partial charge in [-0.2, -0.15) is 0 Å². The molecular formula is C32H30F2N8O. The number of aromatic nitrogens is 6. The molecule has 5 aromatic rings. The van der Waals surface area contributed by atoms with Gasteiger partial charge in [0.1, 0.15) is 29.5 Å². The number of hydrogen-bond acceptors (Lipinski definition) is 6. The Labute approximate surface area is 247 Å². The van der Waals surface area contributed by atoms with Gasteiger partial charge in [-0.3, -0.25) is 9.69 Å². The Morgan fingerprint density at radius 3 is 2.67 bits per heavy atom. The molecule has 7 rings (SSSR count). The highest BCUT2D eigenvalue weighted by molar-refractivity contribution is 6.04. The summed E-state index contributed by atoms with van der Waals surface area (Å²) in [6.45, 7) is 5.51. The molecule has 9 nitrogen and oxygen atoms in total. The highest BCUT2D eigenvalue weighted by atomic mass is 19.1. The zero-order valence-electron chi connectivity index (χ0n) is 23.8. The Kier molecular flexibility index (Phi) is 6.81. The predicted molar refractivity (Wildman–Crippen MR) is 156 cm³/mol. The van der Waals surface area contributed by atoms with Crippen LogP contribution in [-0.2, 0) is 19.6 Å². The third kappa shape index (κ3) is 5.32. The van der Waals surface area contributed by atoms with E-state index in [0.717, 1.165) is 35.4 Å². The van der Waals surface area contributed by atoms with Crippen LogP contribution in [-0.4, -0.2) is 40.1 Å². The summed E-state index contributed by atoms with van der Waals surface area (Å²) in [5, 5.41) is 10.9. The van der Waals surface area contributed by atoms with E-state index in [1.165, 1.54) is 18.2 Å². The van der Waals surface area contributed by atoms with E-state index in [1.54, 1.807) is 43.0 Å². The number of imidazole rings is 1. The molecule has 0 atom stereocenters. The minimum Gasteiger partial charge on any atom is -0.310 e. The summed E-state index contributed by atoms with van der Waals surface area (Å²) >= 11 is 0. The van der Waals surface area contributed by atoms with Crippen molar-refractivity contribution in [2.75, 3.05) is 5.32 Å². The van der Waals surface area contributed by atoms with Crippen LogP contribution in [0.2, 0.25) is 0 Å². The molecule has 4 heterocycles. The number of amides is 1. The molecule has 1 aliphatic carbocycles. The van der Waals surface area contributed by atoms with Crippen molar-refractivity contribution in [3.63, 3.8) is 0 Å². The van der Waals surface area contributed by atoms with E-state index in [0.29, 0.717) is 42.8 Å². The molecule has 1 aliphatic heterocycles. The molecule has 3 aromatic heterocycles. The Balaban J connectivity index is 1.21. The van der Waals surface area contributed by atoms with Crippen LogP contribution in [0.25, 0.3) is 17.2 Å². The van der Waals surface area contributed by atoms with Gasteiger partial charge in [-0.05, 0) is 74.2 Å². The molecular weight excluding hydrogens is 550 g/mol. The minimum absolute atomic E-state index is 0.0949. The molecule has 1 saturated carbocycles. The fraction of sp³-hybridized carbons (Fsp3) is 0.281. The van der Waals surface area contributed by atoms with Gasteiger partial charge in [0.25, 0.3) is 5.91 Å². The third-order valence-electron chi connectivity index (χ3n) is 7.95. The Hall–Kier alpha value is -4.77. The fourth-order valence-corrected chi connectivity index (χ4v) is 5.71. The number of nitrogens with one attached hydrogen (secondary N) is 1. The van der Waals surface area contributed by atoms with Crippen molar-refractivity contribution < 1.29 is 13.6 Å². The topological polar surface area (TPSA) is 93.8 Å². The van der Waals surface area contributed by atoms with Gasteiger partial charge >= 0.3 is 0 Å². The van der Waals surface area contributed by atoms with Gasteiger partial charge in [0.05, 0.1) is 29.0 Å². The summed E-state index contributed by atoms with van der Waals surface area (Å²) in [7, 11) is 0. The van der Waals surface area contributed by atoms with Gasteiger partial charge in [0.2, 0.25) is 0 Å². The van der Waals surface area contributed by atoms with E-state index >= 15 is 4.39 Å². The average Bonchev–Trinajstić information content (AvgIpc) is 3.58. The molecule has 1 fully saturated rings. The second kappa shape index (κ2) is 10.8. The maximum atomic E-state index is 15.6. The van der Waals surface area contributed by atoms with E-state index in [4.69, 9.17) is 4.98 Å². The van der Waals surface area contributed by atoms with Gasteiger partial charge in [-0.1, -0.05) is 18.2 Å². The Bertz CT molecular complexity index is 1840. The van der Waals surface area contributed by atoms with E-state index < -0.39 is 11.7 Å². The number of hydrogen-bond donors (Lipinski definition) is 1. The standard InChI is InChI=1S/C32H30F2N8O/c1-19(2)41-18-36-39-31(41)26-7-4-8-29(37-26)38-32(43)24-13-27-22(12-25(24)34)15-40(14-20-5-3-6-23(33)11-20)16-28-30(21-9-10-21)35-17-42(27)28/h3-8,11-13,17-19,21H,9-10,14-16H2,1-2H3,(H,37,38,43). The van der Waals surface area contributed by atoms with Crippen molar-refractivity contribution in [2.45, 2.75) is 58.3 Å². The van der Waals surface area contributed by atoms with E-state index in [-0.39, 0.29) is 23.2 Å². The lowest BCUT2D eigenvalue weighted by Gasteiger charge is -2.21. The smallest absolute Gasteiger partial charge is 0.259 e. The molecule has 2 aliphatic rings. The van der Waals surface area contributed by atoms with E-state index in [1.807, 2.05) is 29.0 Å². The number of carbonyl (C=O) groups excluding carboxylic acids is 1. The van der Waals surface area contributed by atoms with Gasteiger partial charge in [0, 0.05) is 31.6 Å². The van der Waals surface area contributed by atoms with Crippen molar-refractivity contribution in [3.05, 3.63) is 107 Å². The third-order valence-corrected chi connectivity index (χ3v) is 7.95. The van der Waals surface area contributed by atoms with Crippen molar-refractivity contribution in [3.8, 4) is 17.2 Å². The number of pyridine rings is 1. The largest absolute Gasteiger partial charge is 0.310 e. The normalized spacial score (nSPS) is 14.8. The zero-order valence-corrected chi connectivity index (χ0v) is 23.8. The molecule has 0 radical (unpaired) electrons. The van der Waals surface area contributed by atoms with Crippen molar-refractivity contribution in [1.82, 2.24) is 34.2 Å². The summed E-state index contributed by atoms with van der Waals surface area (Å²) in [5.74, 6) is -0.291. The lowest BCUT2D eigenvalue weighted by molar-refractivity contribution is 0.102. The predicted octanol–water partition coefficient (Wildman–Crippen LogP) is 6.03. The number of anilines is 1. The number of halogens is 2. The summed E-state index contributed by atoms with van der Waals surface area (Å²) < 4.78 is 33.4. The van der Waals surface area contributed by atoms with Crippen molar-refractivity contribution in [1.29, 1.82) is 0 Å². The summed E-state index contributed by atoms with van der Waals surface area (Å²) in [4.78, 5) is 24.9. The number of carbonyl (C=O) groups is 1. The van der Waals surface area contributed by atoms with Crippen LogP contribution in [0.5, 0.6) is 0 Å². The number of fused-ring (bicyclic) bond motifs is 3. The number of benzene rings is 2. The molecule has 0 spiro atoms. The molecule has 43 heavy (non-hydrogen) atoms. The van der Waals surface area contributed by atoms with Gasteiger partial charge in [-0.25, -0.2) is 18.7 Å². The number of rotatable bonds is 7. The second-order valence-electron chi connectivity index (χ2n) is 11.5. The van der Waals surface area contributed by atoms with Crippen LogP contribution < -0.4 is 5.32 Å². The van der Waals surface area contributed by atoms with Crippen molar-refractivity contribution >= 4 is 11.7 Å². The Morgan fingerprint density at radius 1 is 1.05 bits per heavy atom. The van der Waals surface area contributed by atoms with Crippen LogP contribution in [0.3, 0.4) is 0 Å². The molecule has 218 valence electrons. The van der Waals surface area contributed by atoms with Crippen LogP contribution in [0, 0.1) is 11.6 Å². The first kappa shape index (κ1) is 27.1. The first-order valence-electron chi connectivity index (χ1n) is 14.4. The van der Waals surface area contributed by atoms with Gasteiger partial charge < -0.3 is 14.5 Å². The van der Waals surface area contributed by atoms with E-state index in [9.17, 15) is 9.18 Å². The number of nitrogens with zero attached hydrogens (tertiary/aromatic N) is 7. The molecule has 1 N–H and O–H groups in total. The SMILES string of the molecule is CC(C)n1cnnc1-c1cccc(NC(=O)c2cc3c(cc2F)CN(Cc2cccc(F)c2)Cc2c(C4CC4)ncn2-3)n1. The maximum absolute atomic E-state index is 15.6. The van der Waals surface area contributed by atoms with Crippen LogP contribution >= 0.6 is 0 Å². The van der Waals surface area contributed by atoms with Crippen LogP contribution in [0.15, 0.2) is 67.3 Å². The highest BCUT2D eigenvalue weighted by Gasteiger charge is 2.33. The fourth-order valence-electron chi connectivity index (χ4n) is 5.71.